The summed E-state index contributed by atoms with van der Waals surface area (Å²) in [4.78, 5) is 13.3. The Balaban J connectivity index is 0.00000261. The van der Waals surface area contributed by atoms with Crippen LogP contribution in [0.2, 0.25) is 0 Å². The number of nitrogens with two attached hydrogens (primary N) is 1. The molecule has 2 aromatic rings. The van der Waals surface area contributed by atoms with E-state index in [-0.39, 0.29) is 18.3 Å². The summed E-state index contributed by atoms with van der Waals surface area (Å²) in [7, 11) is 3.23. The molecule has 3 rings (SSSR count). The first kappa shape index (κ1) is 20.9. The van der Waals surface area contributed by atoms with E-state index in [2.05, 4.69) is 5.32 Å². The van der Waals surface area contributed by atoms with Crippen LogP contribution in [0, 0.1) is 6.92 Å². The van der Waals surface area contributed by atoms with Crippen molar-refractivity contribution in [1.29, 1.82) is 0 Å². The van der Waals surface area contributed by atoms with Gasteiger partial charge in [-0.25, -0.2) is 0 Å². The van der Waals surface area contributed by atoms with E-state index in [1.165, 1.54) is 0 Å². The first-order chi connectivity index (χ1) is 12.5. The maximum absolute atomic E-state index is 13.3. The van der Waals surface area contributed by atoms with Crippen LogP contribution in [0.1, 0.15) is 36.8 Å². The summed E-state index contributed by atoms with van der Waals surface area (Å²) in [6.07, 6.45) is 3.73. The van der Waals surface area contributed by atoms with Gasteiger partial charge in [-0.15, -0.1) is 12.4 Å². The number of carbonyl (C=O) groups excluding carboxylic acids is 1. The van der Waals surface area contributed by atoms with Crippen molar-refractivity contribution in [3.05, 3.63) is 47.5 Å². The number of aryl methyl sites for hydroxylation is 1. The van der Waals surface area contributed by atoms with Crippen LogP contribution in [0.3, 0.4) is 0 Å². The highest BCUT2D eigenvalue weighted by atomic mass is 35.5. The van der Waals surface area contributed by atoms with E-state index < -0.39 is 5.41 Å². The number of anilines is 2. The predicted octanol–water partition coefficient (Wildman–Crippen LogP) is 4.47. The normalized spacial score (nSPS) is 14.9. The van der Waals surface area contributed by atoms with E-state index >= 15 is 0 Å². The van der Waals surface area contributed by atoms with E-state index in [1.807, 2.05) is 31.2 Å². The summed E-state index contributed by atoms with van der Waals surface area (Å²) in [6.45, 7) is 2.00. The van der Waals surface area contributed by atoms with E-state index in [9.17, 15) is 4.79 Å². The number of nitrogen functional groups attached to an aromatic ring is 1. The number of ether oxygens (including phenoxy) is 2. The molecule has 0 heterocycles. The largest absolute Gasteiger partial charge is 0.496 e. The predicted molar refractivity (Wildman–Crippen MR) is 111 cm³/mol. The molecule has 0 atom stereocenters. The van der Waals surface area contributed by atoms with Crippen molar-refractivity contribution >= 4 is 29.7 Å². The number of hydrogen-bond acceptors (Lipinski definition) is 4. The third-order valence-corrected chi connectivity index (χ3v) is 5.34. The molecular formula is C21H27ClN2O3. The number of halogens is 1. The Morgan fingerprint density at radius 2 is 1.70 bits per heavy atom. The molecule has 1 aliphatic carbocycles. The molecule has 1 fully saturated rings. The number of amides is 1. The second-order valence-corrected chi connectivity index (χ2v) is 6.88. The van der Waals surface area contributed by atoms with Gasteiger partial charge in [-0.1, -0.05) is 25.0 Å². The van der Waals surface area contributed by atoms with Crippen LogP contribution in [-0.4, -0.2) is 20.1 Å². The van der Waals surface area contributed by atoms with Gasteiger partial charge in [-0.2, -0.15) is 0 Å². The summed E-state index contributed by atoms with van der Waals surface area (Å²) >= 11 is 0. The van der Waals surface area contributed by atoms with Gasteiger partial charge in [0.05, 0.1) is 25.3 Å². The first-order valence-electron chi connectivity index (χ1n) is 8.90. The molecule has 0 aliphatic heterocycles. The average Bonchev–Trinajstić information content (AvgIpc) is 3.13. The zero-order valence-electron chi connectivity index (χ0n) is 16.0. The topological polar surface area (TPSA) is 73.6 Å². The highest BCUT2D eigenvalue weighted by Crippen LogP contribution is 2.43. The molecule has 0 aromatic heterocycles. The average molecular weight is 391 g/mol. The number of benzene rings is 2. The number of rotatable bonds is 5. The van der Waals surface area contributed by atoms with Gasteiger partial charge in [0, 0.05) is 5.69 Å². The minimum atomic E-state index is -0.532. The van der Waals surface area contributed by atoms with Crippen LogP contribution in [0.5, 0.6) is 11.5 Å². The van der Waals surface area contributed by atoms with Gasteiger partial charge in [-0.3, -0.25) is 4.79 Å². The third-order valence-electron chi connectivity index (χ3n) is 5.34. The molecule has 0 saturated heterocycles. The van der Waals surface area contributed by atoms with Crippen molar-refractivity contribution in [3.63, 3.8) is 0 Å². The molecule has 2 aromatic carbocycles. The highest BCUT2D eigenvalue weighted by Gasteiger charge is 2.43. The standard InChI is InChI=1S/C21H26N2O3.ClH/c1-14-6-7-15(12-19(14)26-3)21(10-4-5-11-21)20(24)23-16-8-9-18(25-2)17(22)13-16;/h6-9,12-13H,4-5,10-11,22H2,1-3H3,(H,23,24);1H. The molecule has 1 aliphatic rings. The number of carbonyl (C=O) groups is 1. The summed E-state index contributed by atoms with van der Waals surface area (Å²) in [5.41, 5.74) is 8.69. The van der Waals surface area contributed by atoms with Crippen molar-refractivity contribution in [2.24, 2.45) is 0 Å². The van der Waals surface area contributed by atoms with Crippen LogP contribution in [0.25, 0.3) is 0 Å². The first-order valence-corrected chi connectivity index (χ1v) is 8.90. The van der Waals surface area contributed by atoms with E-state index in [0.717, 1.165) is 42.6 Å². The lowest BCUT2D eigenvalue weighted by molar-refractivity contribution is -0.121. The fourth-order valence-electron chi connectivity index (χ4n) is 3.81. The number of methoxy groups -OCH3 is 2. The Morgan fingerprint density at radius 3 is 2.30 bits per heavy atom. The molecular weight excluding hydrogens is 364 g/mol. The quantitative estimate of drug-likeness (QED) is 0.739. The molecule has 0 unspecified atom stereocenters. The van der Waals surface area contributed by atoms with E-state index in [4.69, 9.17) is 15.2 Å². The van der Waals surface area contributed by atoms with Crippen molar-refractivity contribution in [2.45, 2.75) is 38.0 Å². The van der Waals surface area contributed by atoms with Gasteiger partial charge in [0.1, 0.15) is 11.5 Å². The van der Waals surface area contributed by atoms with Crippen LogP contribution >= 0.6 is 12.4 Å². The molecule has 1 amide bonds. The van der Waals surface area contributed by atoms with Crippen LogP contribution < -0.4 is 20.5 Å². The van der Waals surface area contributed by atoms with Crippen molar-refractivity contribution in [1.82, 2.24) is 0 Å². The minimum absolute atomic E-state index is 0. The Bertz CT molecular complexity index is 817. The maximum Gasteiger partial charge on any atom is 0.235 e. The van der Waals surface area contributed by atoms with Crippen molar-refractivity contribution < 1.29 is 14.3 Å². The zero-order valence-corrected chi connectivity index (χ0v) is 16.8. The molecule has 6 heteroatoms. The fraction of sp³-hybridized carbons (Fsp3) is 0.381. The van der Waals surface area contributed by atoms with Gasteiger partial charge in [0.2, 0.25) is 5.91 Å². The molecule has 0 spiro atoms. The molecule has 0 radical (unpaired) electrons. The minimum Gasteiger partial charge on any atom is -0.496 e. The van der Waals surface area contributed by atoms with E-state index in [1.54, 1.807) is 26.4 Å². The zero-order chi connectivity index (χ0) is 18.7. The van der Waals surface area contributed by atoms with Crippen molar-refractivity contribution in [3.8, 4) is 11.5 Å². The summed E-state index contributed by atoms with van der Waals surface area (Å²) in [6, 6.07) is 11.4. The summed E-state index contributed by atoms with van der Waals surface area (Å²) in [5, 5.41) is 3.05. The van der Waals surface area contributed by atoms with Gasteiger partial charge in [0.15, 0.2) is 0 Å². The molecule has 1 saturated carbocycles. The Labute approximate surface area is 166 Å². The van der Waals surface area contributed by atoms with E-state index in [0.29, 0.717) is 17.1 Å². The smallest absolute Gasteiger partial charge is 0.235 e. The third kappa shape index (κ3) is 3.98. The van der Waals surface area contributed by atoms with Gasteiger partial charge < -0.3 is 20.5 Å². The van der Waals surface area contributed by atoms with Gasteiger partial charge in [0.25, 0.3) is 0 Å². The molecule has 146 valence electrons. The van der Waals surface area contributed by atoms with Crippen molar-refractivity contribution in [2.75, 3.05) is 25.3 Å². The fourth-order valence-corrected chi connectivity index (χ4v) is 3.81. The monoisotopic (exact) mass is 390 g/mol. The maximum atomic E-state index is 13.3. The lowest BCUT2D eigenvalue weighted by Gasteiger charge is -2.29. The van der Waals surface area contributed by atoms with Gasteiger partial charge >= 0.3 is 0 Å². The summed E-state index contributed by atoms with van der Waals surface area (Å²) in [5.74, 6) is 1.42. The van der Waals surface area contributed by atoms with Gasteiger partial charge in [-0.05, 0) is 55.2 Å². The van der Waals surface area contributed by atoms with Crippen LogP contribution in [-0.2, 0) is 10.2 Å². The second kappa shape index (κ2) is 8.53. The Hall–Kier alpha value is -2.40. The SMILES string of the molecule is COc1cc(C2(C(=O)Nc3ccc(OC)c(N)c3)CCCC2)ccc1C.Cl. The molecule has 3 N–H and O–H groups in total. The second-order valence-electron chi connectivity index (χ2n) is 6.88. The lowest BCUT2D eigenvalue weighted by atomic mass is 9.77. The number of hydrogen-bond donors (Lipinski definition) is 2. The Morgan fingerprint density at radius 1 is 1.04 bits per heavy atom. The van der Waals surface area contributed by atoms with Crippen LogP contribution in [0.15, 0.2) is 36.4 Å². The molecule has 5 nitrogen and oxygen atoms in total. The molecule has 0 bridgehead atoms. The molecule has 27 heavy (non-hydrogen) atoms. The summed E-state index contributed by atoms with van der Waals surface area (Å²) < 4.78 is 10.6. The number of nitrogens with one attached hydrogen (secondary N) is 1. The Kier molecular flexibility index (Phi) is 6.60. The highest BCUT2D eigenvalue weighted by molar-refractivity contribution is 6.00. The lowest BCUT2D eigenvalue weighted by Crippen LogP contribution is -2.38. The van der Waals surface area contributed by atoms with Crippen LogP contribution in [0.4, 0.5) is 11.4 Å².